The number of aromatic nitrogens is 1. The van der Waals surface area contributed by atoms with E-state index in [9.17, 15) is 14.7 Å². The highest BCUT2D eigenvalue weighted by Gasteiger charge is 2.48. The lowest BCUT2D eigenvalue weighted by molar-refractivity contribution is -0.132. The SMILES string of the molecule is COc1ccc(/C(O)=C2\C(=O)C(=O)N(c3nc(C)c(C)s3)C2c2ccc(C(C)(C)C)cc2)cc1Cl. The molecule has 4 rings (SSSR count). The van der Waals surface area contributed by atoms with Crippen molar-refractivity contribution < 1.29 is 19.4 Å². The molecule has 1 atom stereocenters. The molecular weight excluding hydrogens is 484 g/mol. The Morgan fingerprint density at radius 2 is 1.77 bits per heavy atom. The molecule has 1 saturated heterocycles. The molecule has 35 heavy (non-hydrogen) atoms. The van der Waals surface area contributed by atoms with Crippen LogP contribution in [0.5, 0.6) is 5.75 Å². The number of aryl methyl sites for hydroxylation is 2. The number of benzene rings is 2. The van der Waals surface area contributed by atoms with Crippen molar-refractivity contribution in [3.05, 3.63) is 80.3 Å². The number of aliphatic hydroxyl groups is 1. The quantitative estimate of drug-likeness (QED) is 0.251. The first kappa shape index (κ1) is 24.9. The van der Waals surface area contributed by atoms with Gasteiger partial charge in [-0.05, 0) is 48.6 Å². The standard InChI is InChI=1S/C27H27ClN2O4S/c1-14-15(2)35-26(29-14)30-22(16-7-10-18(11-8-16)27(3,4)5)21(24(32)25(30)33)23(31)17-9-12-20(34-6)19(28)13-17/h7-13,22,31H,1-6H3/b23-21+. The van der Waals surface area contributed by atoms with E-state index in [0.717, 1.165) is 16.1 Å². The van der Waals surface area contributed by atoms with Crippen LogP contribution in [0.15, 0.2) is 48.0 Å². The molecule has 1 fully saturated rings. The van der Waals surface area contributed by atoms with E-state index in [4.69, 9.17) is 16.3 Å². The molecule has 2 heterocycles. The molecule has 0 saturated carbocycles. The number of methoxy groups -OCH3 is 1. The van der Waals surface area contributed by atoms with Crippen LogP contribution in [-0.4, -0.2) is 28.9 Å². The van der Waals surface area contributed by atoms with E-state index in [0.29, 0.717) is 22.0 Å². The van der Waals surface area contributed by atoms with Gasteiger partial charge >= 0.3 is 5.91 Å². The summed E-state index contributed by atoms with van der Waals surface area (Å²) in [6, 6.07) is 11.6. The fourth-order valence-corrected chi connectivity index (χ4v) is 5.23. The molecule has 0 aliphatic carbocycles. The first-order chi connectivity index (χ1) is 16.4. The number of rotatable bonds is 4. The highest BCUT2D eigenvalue weighted by Crippen LogP contribution is 2.44. The number of carbonyl (C=O) groups is 2. The summed E-state index contributed by atoms with van der Waals surface area (Å²) in [4.78, 5) is 33.5. The Hall–Kier alpha value is -3.16. The minimum Gasteiger partial charge on any atom is -0.507 e. The van der Waals surface area contributed by atoms with Crippen LogP contribution in [0.25, 0.3) is 5.76 Å². The van der Waals surface area contributed by atoms with Crippen molar-refractivity contribution in [3.8, 4) is 5.75 Å². The van der Waals surface area contributed by atoms with E-state index in [1.165, 1.54) is 29.4 Å². The number of anilines is 1. The Bertz CT molecular complexity index is 1330. The van der Waals surface area contributed by atoms with Gasteiger partial charge in [0, 0.05) is 10.4 Å². The molecule has 1 aliphatic rings. The van der Waals surface area contributed by atoms with Gasteiger partial charge in [-0.25, -0.2) is 4.98 Å². The lowest BCUT2D eigenvalue weighted by Gasteiger charge is -2.25. The Labute approximate surface area is 213 Å². The maximum absolute atomic E-state index is 13.3. The van der Waals surface area contributed by atoms with Crippen molar-refractivity contribution in [2.45, 2.75) is 46.1 Å². The average molecular weight is 511 g/mol. The third-order valence-corrected chi connectivity index (χ3v) is 7.55. The molecule has 3 aromatic rings. The number of Topliss-reactive ketones (excluding diaryl/α,β-unsaturated/α-hetero) is 1. The first-order valence-corrected chi connectivity index (χ1v) is 12.3. The molecule has 1 unspecified atom stereocenters. The second-order valence-electron chi connectivity index (χ2n) is 9.53. The Morgan fingerprint density at radius 1 is 1.11 bits per heavy atom. The average Bonchev–Trinajstić information content (AvgIpc) is 3.27. The minimum atomic E-state index is -0.838. The second kappa shape index (κ2) is 9.13. The zero-order valence-electron chi connectivity index (χ0n) is 20.5. The highest BCUT2D eigenvalue weighted by molar-refractivity contribution is 7.16. The number of amides is 1. The number of ketones is 1. The Kier molecular flexibility index (Phi) is 6.51. The summed E-state index contributed by atoms with van der Waals surface area (Å²) in [5.74, 6) is -1.37. The number of carbonyl (C=O) groups excluding carboxylic acids is 2. The lowest BCUT2D eigenvalue weighted by atomic mass is 9.85. The van der Waals surface area contributed by atoms with Gasteiger partial charge in [0.25, 0.3) is 5.78 Å². The van der Waals surface area contributed by atoms with E-state index < -0.39 is 17.7 Å². The van der Waals surface area contributed by atoms with Gasteiger partial charge in [-0.15, -0.1) is 11.3 Å². The van der Waals surface area contributed by atoms with E-state index in [1.807, 2.05) is 38.1 Å². The van der Waals surface area contributed by atoms with Crippen LogP contribution in [0.4, 0.5) is 5.13 Å². The summed E-state index contributed by atoms with van der Waals surface area (Å²) >= 11 is 7.61. The van der Waals surface area contributed by atoms with Crippen LogP contribution >= 0.6 is 22.9 Å². The lowest BCUT2D eigenvalue weighted by Crippen LogP contribution is -2.29. The van der Waals surface area contributed by atoms with Crippen LogP contribution in [0.2, 0.25) is 5.02 Å². The maximum atomic E-state index is 13.3. The monoisotopic (exact) mass is 510 g/mol. The summed E-state index contributed by atoms with van der Waals surface area (Å²) in [5, 5.41) is 12.0. The third kappa shape index (κ3) is 4.46. The van der Waals surface area contributed by atoms with Crippen LogP contribution in [0.3, 0.4) is 0 Å². The van der Waals surface area contributed by atoms with E-state index >= 15 is 0 Å². The number of thiazole rings is 1. The number of hydrogen-bond acceptors (Lipinski definition) is 6. The van der Waals surface area contributed by atoms with Gasteiger partial charge in [0.15, 0.2) is 5.13 Å². The molecule has 1 N–H and O–H groups in total. The zero-order valence-corrected chi connectivity index (χ0v) is 22.0. The van der Waals surface area contributed by atoms with Gasteiger partial charge in [-0.1, -0.05) is 56.6 Å². The fourth-order valence-electron chi connectivity index (χ4n) is 4.04. The van der Waals surface area contributed by atoms with Gasteiger partial charge in [0.05, 0.1) is 29.4 Å². The van der Waals surface area contributed by atoms with Crippen molar-refractivity contribution in [2.75, 3.05) is 12.0 Å². The molecular formula is C27H27ClN2O4S. The predicted molar refractivity (Wildman–Crippen MR) is 140 cm³/mol. The molecule has 0 spiro atoms. The summed E-state index contributed by atoms with van der Waals surface area (Å²) < 4.78 is 5.19. The Balaban J connectivity index is 1.93. The number of halogens is 1. The molecule has 1 aliphatic heterocycles. The maximum Gasteiger partial charge on any atom is 0.301 e. The van der Waals surface area contributed by atoms with Gasteiger partial charge < -0.3 is 9.84 Å². The van der Waals surface area contributed by atoms with Crippen LogP contribution in [0, 0.1) is 13.8 Å². The molecule has 2 aromatic carbocycles. The summed E-state index contributed by atoms with van der Waals surface area (Å²) in [6.07, 6.45) is 0. The first-order valence-electron chi connectivity index (χ1n) is 11.1. The molecule has 0 bridgehead atoms. The van der Waals surface area contributed by atoms with Crippen molar-refractivity contribution in [1.29, 1.82) is 0 Å². The molecule has 0 radical (unpaired) electrons. The number of aliphatic hydroxyl groups excluding tert-OH is 1. The molecule has 1 amide bonds. The predicted octanol–water partition coefficient (Wildman–Crippen LogP) is 6.35. The Morgan fingerprint density at radius 3 is 2.29 bits per heavy atom. The van der Waals surface area contributed by atoms with Crippen LogP contribution in [0.1, 0.15) is 54.1 Å². The van der Waals surface area contributed by atoms with Gasteiger partial charge in [-0.2, -0.15) is 0 Å². The second-order valence-corrected chi connectivity index (χ2v) is 11.1. The van der Waals surface area contributed by atoms with E-state index in [-0.39, 0.29) is 21.8 Å². The van der Waals surface area contributed by atoms with Crippen LogP contribution in [-0.2, 0) is 15.0 Å². The molecule has 182 valence electrons. The number of hydrogen-bond donors (Lipinski definition) is 1. The highest BCUT2D eigenvalue weighted by atomic mass is 35.5. The van der Waals surface area contributed by atoms with E-state index in [2.05, 4.69) is 25.8 Å². The topological polar surface area (TPSA) is 79.7 Å². The van der Waals surface area contributed by atoms with Gasteiger partial charge in [-0.3, -0.25) is 14.5 Å². The van der Waals surface area contributed by atoms with Crippen molar-refractivity contribution in [3.63, 3.8) is 0 Å². The summed E-state index contributed by atoms with van der Waals surface area (Å²) in [6.45, 7) is 10.1. The van der Waals surface area contributed by atoms with Gasteiger partial charge in [0.1, 0.15) is 11.5 Å². The summed E-state index contributed by atoms with van der Waals surface area (Å²) in [7, 11) is 1.49. The van der Waals surface area contributed by atoms with E-state index in [1.54, 1.807) is 12.1 Å². The number of ether oxygens (including phenoxy) is 1. The van der Waals surface area contributed by atoms with Gasteiger partial charge in [0.2, 0.25) is 0 Å². The normalized spacial score (nSPS) is 17.8. The molecule has 8 heteroatoms. The van der Waals surface area contributed by atoms with Crippen molar-refractivity contribution in [1.82, 2.24) is 4.98 Å². The van der Waals surface area contributed by atoms with Crippen LogP contribution < -0.4 is 9.64 Å². The molecule has 1 aromatic heterocycles. The largest absolute Gasteiger partial charge is 0.507 e. The smallest absolute Gasteiger partial charge is 0.301 e. The van der Waals surface area contributed by atoms with Crippen molar-refractivity contribution >= 4 is 45.5 Å². The molecule has 6 nitrogen and oxygen atoms in total. The number of nitrogens with zero attached hydrogens (tertiary/aromatic N) is 2. The fraction of sp³-hybridized carbons (Fsp3) is 0.296. The zero-order chi connectivity index (χ0) is 25.7. The summed E-state index contributed by atoms with van der Waals surface area (Å²) in [5.41, 5.74) is 2.84. The van der Waals surface area contributed by atoms with Crippen molar-refractivity contribution in [2.24, 2.45) is 0 Å². The third-order valence-electron chi connectivity index (χ3n) is 6.19. The minimum absolute atomic E-state index is 0.00903.